The lowest BCUT2D eigenvalue weighted by molar-refractivity contribution is -0.131. The molecule has 160 valence electrons. The van der Waals surface area contributed by atoms with Crippen molar-refractivity contribution in [1.29, 1.82) is 0 Å². The number of halogens is 2. The van der Waals surface area contributed by atoms with Crippen molar-refractivity contribution >= 4 is 5.91 Å². The average Bonchev–Trinajstić information content (AvgIpc) is 2.93. The van der Waals surface area contributed by atoms with Crippen molar-refractivity contribution in [3.05, 3.63) is 65.5 Å². The molecule has 1 aromatic heterocycles. The third-order valence-electron chi connectivity index (χ3n) is 6.19. The van der Waals surface area contributed by atoms with E-state index in [-0.39, 0.29) is 12.5 Å². The lowest BCUT2D eigenvalue weighted by Crippen LogP contribution is -2.50. The summed E-state index contributed by atoms with van der Waals surface area (Å²) in [5.41, 5.74) is 1.46. The van der Waals surface area contributed by atoms with Gasteiger partial charge in [-0.1, -0.05) is 12.1 Å². The van der Waals surface area contributed by atoms with Crippen LogP contribution in [0.1, 0.15) is 30.5 Å². The Morgan fingerprint density at radius 2 is 1.80 bits per heavy atom. The molecule has 2 fully saturated rings. The molecule has 2 aliphatic rings. The van der Waals surface area contributed by atoms with Crippen molar-refractivity contribution in [1.82, 2.24) is 19.7 Å². The van der Waals surface area contributed by atoms with Crippen molar-refractivity contribution in [2.75, 3.05) is 32.7 Å². The Morgan fingerprint density at radius 1 is 0.967 bits per heavy atom. The predicted molar refractivity (Wildman–Crippen MR) is 111 cm³/mol. The van der Waals surface area contributed by atoms with Crippen LogP contribution in [-0.2, 0) is 17.9 Å². The van der Waals surface area contributed by atoms with Crippen LogP contribution in [0.25, 0.3) is 0 Å². The topological polar surface area (TPSA) is 39.7 Å². The maximum absolute atomic E-state index is 14.0. The van der Waals surface area contributed by atoms with Gasteiger partial charge in [0.1, 0.15) is 11.6 Å². The first-order valence-electron chi connectivity index (χ1n) is 10.7. The van der Waals surface area contributed by atoms with Crippen LogP contribution in [0.3, 0.4) is 0 Å². The second-order valence-corrected chi connectivity index (χ2v) is 8.17. The van der Waals surface area contributed by atoms with Crippen LogP contribution in [-0.4, -0.2) is 64.4 Å². The fraction of sp³-hybridized carbons (Fsp3) is 0.478. The Bertz CT molecular complexity index is 856. The summed E-state index contributed by atoms with van der Waals surface area (Å²) in [6.07, 6.45) is 4.02. The molecule has 2 aromatic rings. The van der Waals surface area contributed by atoms with Crippen molar-refractivity contribution in [3.63, 3.8) is 0 Å². The highest BCUT2D eigenvalue weighted by Gasteiger charge is 2.29. The molecule has 4 rings (SSSR count). The van der Waals surface area contributed by atoms with Gasteiger partial charge < -0.3 is 4.90 Å². The van der Waals surface area contributed by atoms with Gasteiger partial charge in [0.15, 0.2) is 0 Å². The molecular weight excluding hydrogens is 386 g/mol. The monoisotopic (exact) mass is 414 g/mol. The van der Waals surface area contributed by atoms with E-state index in [1.807, 2.05) is 18.3 Å². The fourth-order valence-corrected chi connectivity index (χ4v) is 4.42. The van der Waals surface area contributed by atoms with E-state index in [9.17, 15) is 13.6 Å². The molecule has 2 aliphatic heterocycles. The van der Waals surface area contributed by atoms with Crippen molar-refractivity contribution in [2.24, 2.45) is 0 Å². The molecule has 0 bridgehead atoms. The van der Waals surface area contributed by atoms with Crippen LogP contribution < -0.4 is 0 Å². The molecule has 1 aromatic carbocycles. The molecule has 3 heterocycles. The average molecular weight is 415 g/mol. The standard InChI is InChI=1S/C23H28F2N4O/c24-19-5-4-18(22(25)15-19)16-29-10-8-21(6-7-23(29)30)28-13-11-27(12-14-28)17-20-3-1-2-9-26-20/h1-5,9,15,21H,6-8,10-14,16-17H2. The summed E-state index contributed by atoms with van der Waals surface area (Å²) in [5.74, 6) is -1.14. The molecule has 5 nitrogen and oxygen atoms in total. The van der Waals surface area contributed by atoms with E-state index in [0.29, 0.717) is 24.6 Å². The molecule has 0 saturated carbocycles. The zero-order chi connectivity index (χ0) is 20.9. The van der Waals surface area contributed by atoms with Crippen LogP contribution in [0.15, 0.2) is 42.6 Å². The number of nitrogens with zero attached hydrogens (tertiary/aromatic N) is 4. The van der Waals surface area contributed by atoms with Gasteiger partial charge in [-0.3, -0.25) is 19.6 Å². The number of benzene rings is 1. The summed E-state index contributed by atoms with van der Waals surface area (Å²) >= 11 is 0. The van der Waals surface area contributed by atoms with Crippen molar-refractivity contribution < 1.29 is 13.6 Å². The number of carbonyl (C=O) groups excluding carboxylic acids is 1. The number of aromatic nitrogens is 1. The minimum absolute atomic E-state index is 0.0509. The van der Waals surface area contributed by atoms with E-state index < -0.39 is 11.6 Å². The van der Waals surface area contributed by atoms with Crippen LogP contribution in [0.5, 0.6) is 0 Å². The van der Waals surface area contributed by atoms with Gasteiger partial charge in [0.05, 0.1) is 5.69 Å². The summed E-state index contributed by atoms with van der Waals surface area (Å²) in [4.78, 5) is 23.6. The van der Waals surface area contributed by atoms with E-state index in [1.165, 1.54) is 12.1 Å². The van der Waals surface area contributed by atoms with Gasteiger partial charge in [-0.25, -0.2) is 8.78 Å². The second-order valence-electron chi connectivity index (χ2n) is 8.17. The molecule has 1 atom stereocenters. The lowest BCUT2D eigenvalue weighted by Gasteiger charge is -2.39. The molecule has 0 radical (unpaired) electrons. The molecule has 2 saturated heterocycles. The van der Waals surface area contributed by atoms with E-state index in [0.717, 1.165) is 57.3 Å². The summed E-state index contributed by atoms with van der Waals surface area (Å²) in [6.45, 7) is 5.63. The van der Waals surface area contributed by atoms with Crippen molar-refractivity contribution in [2.45, 2.75) is 38.4 Å². The summed E-state index contributed by atoms with van der Waals surface area (Å²) in [7, 11) is 0. The van der Waals surface area contributed by atoms with Gasteiger partial charge in [0, 0.05) is 76.1 Å². The molecule has 1 amide bonds. The number of carbonyl (C=O) groups is 1. The zero-order valence-corrected chi connectivity index (χ0v) is 17.1. The Kier molecular flexibility index (Phi) is 6.69. The Balaban J connectivity index is 1.29. The van der Waals surface area contributed by atoms with Crippen LogP contribution in [0, 0.1) is 11.6 Å². The van der Waals surface area contributed by atoms with Gasteiger partial charge in [0.25, 0.3) is 0 Å². The van der Waals surface area contributed by atoms with Crippen LogP contribution >= 0.6 is 0 Å². The van der Waals surface area contributed by atoms with E-state index in [2.05, 4.69) is 20.9 Å². The SMILES string of the molecule is O=C1CCC(N2CCN(Cc3ccccn3)CC2)CCN1Cc1ccc(F)cc1F. The molecule has 7 heteroatoms. The predicted octanol–water partition coefficient (Wildman–Crippen LogP) is 3.06. The highest BCUT2D eigenvalue weighted by Crippen LogP contribution is 2.22. The quantitative estimate of drug-likeness (QED) is 0.754. The van der Waals surface area contributed by atoms with Gasteiger partial charge in [-0.05, 0) is 31.0 Å². The van der Waals surface area contributed by atoms with E-state index in [1.54, 1.807) is 4.90 Å². The Labute approximate surface area is 176 Å². The molecule has 30 heavy (non-hydrogen) atoms. The second kappa shape index (κ2) is 9.62. The number of piperazine rings is 1. The minimum atomic E-state index is -0.597. The van der Waals surface area contributed by atoms with Crippen LogP contribution in [0.4, 0.5) is 8.78 Å². The number of hydrogen-bond donors (Lipinski definition) is 0. The molecule has 0 N–H and O–H groups in total. The lowest BCUT2D eigenvalue weighted by atomic mass is 10.1. The summed E-state index contributed by atoms with van der Waals surface area (Å²) in [5, 5.41) is 0. The van der Waals surface area contributed by atoms with E-state index >= 15 is 0 Å². The largest absolute Gasteiger partial charge is 0.338 e. The number of pyridine rings is 1. The first-order chi connectivity index (χ1) is 14.6. The van der Waals surface area contributed by atoms with Gasteiger partial charge in [-0.15, -0.1) is 0 Å². The highest BCUT2D eigenvalue weighted by atomic mass is 19.1. The maximum atomic E-state index is 14.0. The molecule has 1 unspecified atom stereocenters. The number of amides is 1. The number of likely N-dealkylation sites (tertiary alicyclic amines) is 1. The Morgan fingerprint density at radius 3 is 2.53 bits per heavy atom. The molecule has 0 spiro atoms. The van der Waals surface area contributed by atoms with Gasteiger partial charge in [-0.2, -0.15) is 0 Å². The first kappa shape index (κ1) is 20.9. The van der Waals surface area contributed by atoms with Crippen molar-refractivity contribution in [3.8, 4) is 0 Å². The minimum Gasteiger partial charge on any atom is -0.338 e. The highest BCUT2D eigenvalue weighted by molar-refractivity contribution is 5.76. The van der Waals surface area contributed by atoms with Crippen LogP contribution in [0.2, 0.25) is 0 Å². The summed E-state index contributed by atoms with van der Waals surface area (Å²) < 4.78 is 27.1. The maximum Gasteiger partial charge on any atom is 0.222 e. The molecular formula is C23H28F2N4O. The Hall–Kier alpha value is -2.38. The number of hydrogen-bond acceptors (Lipinski definition) is 4. The summed E-state index contributed by atoms with van der Waals surface area (Å²) in [6, 6.07) is 9.93. The zero-order valence-electron chi connectivity index (χ0n) is 17.1. The number of rotatable bonds is 5. The smallest absolute Gasteiger partial charge is 0.222 e. The normalized spacial score (nSPS) is 21.6. The third kappa shape index (κ3) is 5.21. The van der Waals surface area contributed by atoms with E-state index in [4.69, 9.17) is 0 Å². The first-order valence-corrected chi connectivity index (χ1v) is 10.7. The third-order valence-corrected chi connectivity index (χ3v) is 6.19. The molecule has 0 aliphatic carbocycles. The fourth-order valence-electron chi connectivity index (χ4n) is 4.42. The van der Waals surface area contributed by atoms with Gasteiger partial charge in [0.2, 0.25) is 5.91 Å². The van der Waals surface area contributed by atoms with Gasteiger partial charge >= 0.3 is 0 Å².